The van der Waals surface area contributed by atoms with Crippen LogP contribution in [-0.2, 0) is 9.53 Å². The summed E-state index contributed by atoms with van der Waals surface area (Å²) in [6.07, 6.45) is 1.38. The summed E-state index contributed by atoms with van der Waals surface area (Å²) in [6, 6.07) is 1.47. The van der Waals surface area contributed by atoms with E-state index in [2.05, 4.69) is 10.3 Å². The lowest BCUT2D eigenvalue weighted by molar-refractivity contribution is -0.119. The number of nitrogens with zero attached hydrogens (tertiary/aromatic N) is 2. The number of carbonyl (C=O) groups excluding carboxylic acids is 1. The first-order chi connectivity index (χ1) is 9.95. The molecule has 2 heterocycles. The second-order valence-electron chi connectivity index (χ2n) is 5.04. The average molecular weight is 333 g/mol. The van der Waals surface area contributed by atoms with E-state index >= 15 is 0 Å². The Labute approximate surface area is 133 Å². The molecule has 0 radical (unpaired) electrons. The van der Waals surface area contributed by atoms with Crippen LogP contribution in [0.2, 0.25) is 10.0 Å². The Morgan fingerprint density at radius 2 is 2.43 bits per heavy atom. The van der Waals surface area contributed by atoms with Gasteiger partial charge in [0.1, 0.15) is 0 Å². The molecule has 2 unspecified atom stereocenters. The molecule has 1 aliphatic rings. The minimum atomic E-state index is -0.183. The molecule has 2 atom stereocenters. The normalized spacial score (nSPS) is 21.0. The predicted octanol–water partition coefficient (Wildman–Crippen LogP) is 1.37. The Hall–Kier alpha value is -0.920. The molecule has 0 aliphatic carbocycles. The van der Waals surface area contributed by atoms with Gasteiger partial charge in [0.15, 0.2) is 5.82 Å². The highest BCUT2D eigenvalue weighted by Crippen LogP contribution is 2.22. The Balaban J connectivity index is 1.89. The van der Waals surface area contributed by atoms with Crippen molar-refractivity contribution in [2.45, 2.75) is 19.1 Å². The van der Waals surface area contributed by atoms with Crippen molar-refractivity contribution in [3.8, 4) is 0 Å². The maximum absolute atomic E-state index is 12.0. The molecular formula is C13H18Cl2N4O2. The number of rotatable bonds is 4. The summed E-state index contributed by atoms with van der Waals surface area (Å²) in [5, 5.41) is 3.41. The molecular weight excluding hydrogens is 315 g/mol. The highest BCUT2D eigenvalue weighted by Gasteiger charge is 2.24. The number of aromatic nitrogens is 1. The first-order valence-electron chi connectivity index (χ1n) is 6.66. The number of nitrogens with two attached hydrogens (primary N) is 1. The van der Waals surface area contributed by atoms with Crippen molar-refractivity contribution in [2.24, 2.45) is 5.73 Å². The van der Waals surface area contributed by atoms with Crippen LogP contribution < -0.4 is 11.1 Å². The first-order valence-corrected chi connectivity index (χ1v) is 7.41. The molecule has 116 valence electrons. The van der Waals surface area contributed by atoms with Crippen molar-refractivity contribution in [3.05, 3.63) is 22.3 Å². The fraction of sp³-hybridized carbons (Fsp3) is 0.538. The minimum absolute atomic E-state index is 0.0520. The van der Waals surface area contributed by atoms with E-state index in [9.17, 15) is 4.79 Å². The summed E-state index contributed by atoms with van der Waals surface area (Å²) >= 11 is 11.7. The van der Waals surface area contributed by atoms with Gasteiger partial charge in [0.25, 0.3) is 0 Å². The molecule has 1 aromatic rings. The Morgan fingerprint density at radius 1 is 1.67 bits per heavy atom. The van der Waals surface area contributed by atoms with Crippen molar-refractivity contribution in [1.29, 1.82) is 0 Å². The van der Waals surface area contributed by atoms with Crippen LogP contribution in [-0.4, -0.2) is 54.2 Å². The van der Waals surface area contributed by atoms with E-state index in [4.69, 9.17) is 33.7 Å². The van der Waals surface area contributed by atoms with Gasteiger partial charge < -0.3 is 15.8 Å². The van der Waals surface area contributed by atoms with E-state index in [0.717, 1.165) is 0 Å². The molecule has 1 fully saturated rings. The van der Waals surface area contributed by atoms with Gasteiger partial charge in [-0.3, -0.25) is 9.69 Å². The van der Waals surface area contributed by atoms with E-state index < -0.39 is 0 Å². The van der Waals surface area contributed by atoms with Gasteiger partial charge in [0, 0.05) is 25.3 Å². The number of morpholine rings is 1. The lowest BCUT2D eigenvalue weighted by Gasteiger charge is -2.34. The van der Waals surface area contributed by atoms with Crippen LogP contribution in [0.5, 0.6) is 0 Å². The summed E-state index contributed by atoms with van der Waals surface area (Å²) in [6.45, 7) is 4.03. The van der Waals surface area contributed by atoms with Gasteiger partial charge in [-0.05, 0) is 13.0 Å². The first kappa shape index (κ1) is 16.5. The molecule has 1 amide bonds. The van der Waals surface area contributed by atoms with Gasteiger partial charge in [-0.1, -0.05) is 23.2 Å². The SMILES string of the molecule is CC(N)C1CN(CC(=O)Nc2ncc(Cl)cc2Cl)CCO1. The number of carbonyl (C=O) groups is 1. The molecule has 0 bridgehead atoms. The minimum Gasteiger partial charge on any atom is -0.374 e. The Bertz CT molecular complexity index is 513. The van der Waals surface area contributed by atoms with E-state index in [0.29, 0.717) is 35.6 Å². The number of hydrogen-bond donors (Lipinski definition) is 2. The number of ether oxygens (including phenoxy) is 1. The zero-order valence-corrected chi connectivity index (χ0v) is 13.2. The Kier molecular flexibility index (Phi) is 5.78. The van der Waals surface area contributed by atoms with Crippen LogP contribution >= 0.6 is 23.2 Å². The van der Waals surface area contributed by atoms with Crippen molar-refractivity contribution < 1.29 is 9.53 Å². The van der Waals surface area contributed by atoms with Crippen LogP contribution in [0.1, 0.15) is 6.92 Å². The fourth-order valence-electron chi connectivity index (χ4n) is 2.07. The number of hydrogen-bond acceptors (Lipinski definition) is 5. The fourth-order valence-corrected chi connectivity index (χ4v) is 2.50. The van der Waals surface area contributed by atoms with E-state index in [-0.39, 0.29) is 24.6 Å². The van der Waals surface area contributed by atoms with Crippen LogP contribution in [0.15, 0.2) is 12.3 Å². The monoisotopic (exact) mass is 332 g/mol. The summed E-state index contributed by atoms with van der Waals surface area (Å²) in [4.78, 5) is 18.0. The number of anilines is 1. The highest BCUT2D eigenvalue weighted by molar-refractivity contribution is 6.36. The maximum Gasteiger partial charge on any atom is 0.239 e. The topological polar surface area (TPSA) is 80.5 Å². The third-order valence-electron chi connectivity index (χ3n) is 3.20. The van der Waals surface area contributed by atoms with E-state index in [1.807, 2.05) is 11.8 Å². The van der Waals surface area contributed by atoms with E-state index in [1.165, 1.54) is 12.3 Å². The van der Waals surface area contributed by atoms with Gasteiger partial charge in [-0.25, -0.2) is 4.98 Å². The highest BCUT2D eigenvalue weighted by atomic mass is 35.5. The standard InChI is InChI=1S/C13H18Cl2N4O2/c1-8(16)11-6-19(2-3-21-11)7-12(20)18-13-10(15)4-9(14)5-17-13/h4-5,8,11H,2-3,6-7,16H2,1H3,(H,17,18,20). The smallest absolute Gasteiger partial charge is 0.239 e. The lowest BCUT2D eigenvalue weighted by atomic mass is 10.1. The summed E-state index contributed by atoms with van der Waals surface area (Å²) in [5.74, 6) is 0.125. The third-order valence-corrected chi connectivity index (χ3v) is 3.69. The predicted molar refractivity (Wildman–Crippen MR) is 82.7 cm³/mol. The third kappa shape index (κ3) is 4.79. The molecule has 0 spiro atoms. The molecule has 2 rings (SSSR count). The molecule has 3 N–H and O–H groups in total. The van der Waals surface area contributed by atoms with Gasteiger partial charge in [-0.2, -0.15) is 0 Å². The summed E-state index contributed by atoms with van der Waals surface area (Å²) in [5.41, 5.74) is 5.83. The van der Waals surface area contributed by atoms with Crippen LogP contribution in [0.3, 0.4) is 0 Å². The zero-order valence-electron chi connectivity index (χ0n) is 11.7. The molecule has 1 aliphatic heterocycles. The lowest BCUT2D eigenvalue weighted by Crippen LogP contribution is -2.51. The quantitative estimate of drug-likeness (QED) is 0.870. The maximum atomic E-state index is 12.0. The van der Waals surface area contributed by atoms with Gasteiger partial charge in [0.05, 0.1) is 29.3 Å². The number of pyridine rings is 1. The number of amides is 1. The van der Waals surface area contributed by atoms with Crippen molar-refractivity contribution in [3.63, 3.8) is 0 Å². The van der Waals surface area contributed by atoms with Gasteiger partial charge in [0.2, 0.25) is 5.91 Å². The van der Waals surface area contributed by atoms with Crippen LogP contribution in [0.25, 0.3) is 0 Å². The molecule has 0 aromatic carbocycles. The average Bonchev–Trinajstić information content (AvgIpc) is 2.42. The molecule has 1 aromatic heterocycles. The van der Waals surface area contributed by atoms with Crippen molar-refractivity contribution in [2.75, 3.05) is 31.6 Å². The molecule has 21 heavy (non-hydrogen) atoms. The molecule has 8 heteroatoms. The number of halogens is 2. The van der Waals surface area contributed by atoms with Crippen molar-refractivity contribution in [1.82, 2.24) is 9.88 Å². The van der Waals surface area contributed by atoms with Crippen LogP contribution in [0.4, 0.5) is 5.82 Å². The van der Waals surface area contributed by atoms with E-state index in [1.54, 1.807) is 0 Å². The molecule has 6 nitrogen and oxygen atoms in total. The summed E-state index contributed by atoms with van der Waals surface area (Å²) < 4.78 is 5.56. The second-order valence-corrected chi connectivity index (χ2v) is 5.88. The molecule has 0 saturated carbocycles. The summed E-state index contributed by atoms with van der Waals surface area (Å²) in [7, 11) is 0. The van der Waals surface area contributed by atoms with Gasteiger partial charge in [-0.15, -0.1) is 0 Å². The van der Waals surface area contributed by atoms with Crippen LogP contribution in [0, 0.1) is 0 Å². The number of nitrogens with one attached hydrogen (secondary N) is 1. The second kappa shape index (κ2) is 7.38. The zero-order chi connectivity index (χ0) is 15.4. The molecule has 1 saturated heterocycles. The Morgan fingerprint density at radius 3 is 3.10 bits per heavy atom. The largest absolute Gasteiger partial charge is 0.374 e. The van der Waals surface area contributed by atoms with Gasteiger partial charge >= 0.3 is 0 Å². The van der Waals surface area contributed by atoms with Crippen molar-refractivity contribution >= 4 is 34.9 Å².